The van der Waals surface area contributed by atoms with Crippen molar-refractivity contribution in [2.45, 2.75) is 19.9 Å². The fourth-order valence-corrected chi connectivity index (χ4v) is 1.90. The molecule has 1 heterocycles. The van der Waals surface area contributed by atoms with Crippen LogP contribution in [-0.2, 0) is 11.3 Å². The van der Waals surface area contributed by atoms with E-state index in [1.807, 2.05) is 6.07 Å². The van der Waals surface area contributed by atoms with Crippen LogP contribution >= 0.6 is 0 Å². The van der Waals surface area contributed by atoms with Gasteiger partial charge in [-0.1, -0.05) is 29.8 Å². The predicted octanol–water partition coefficient (Wildman–Crippen LogP) is 2.24. The molecule has 2 rings (SSSR count). The minimum atomic E-state index is 0.522. The second-order valence-electron chi connectivity index (χ2n) is 4.78. The molecule has 0 fully saturated rings. The van der Waals surface area contributed by atoms with Crippen molar-refractivity contribution in [2.75, 3.05) is 30.9 Å². The summed E-state index contributed by atoms with van der Waals surface area (Å²) in [6.45, 7) is 4.27. The van der Waals surface area contributed by atoms with E-state index < -0.39 is 0 Å². The van der Waals surface area contributed by atoms with Gasteiger partial charge in [0.05, 0.1) is 6.20 Å². The molecule has 0 aliphatic heterocycles. The van der Waals surface area contributed by atoms with E-state index in [1.54, 1.807) is 13.3 Å². The first-order valence-electron chi connectivity index (χ1n) is 7.00. The summed E-state index contributed by atoms with van der Waals surface area (Å²) in [6.07, 6.45) is 2.54. The van der Waals surface area contributed by atoms with Crippen LogP contribution in [0.3, 0.4) is 0 Å². The molecule has 0 bridgehead atoms. The van der Waals surface area contributed by atoms with Crippen LogP contribution in [0.15, 0.2) is 30.5 Å². The number of nitrogens with one attached hydrogen (secondary N) is 2. The Balaban J connectivity index is 1.86. The average Bonchev–Trinajstić information content (AvgIpc) is 2.50. The highest BCUT2D eigenvalue weighted by atomic mass is 16.5. The summed E-state index contributed by atoms with van der Waals surface area (Å²) in [5, 5.41) is 14.3. The number of methoxy groups -OCH3 is 1. The number of anilines is 2. The Bertz CT molecular complexity index is 561. The highest BCUT2D eigenvalue weighted by Crippen LogP contribution is 2.08. The molecule has 2 aromatic rings. The van der Waals surface area contributed by atoms with Gasteiger partial charge >= 0.3 is 0 Å². The summed E-state index contributed by atoms with van der Waals surface area (Å²) < 4.78 is 5.00. The van der Waals surface area contributed by atoms with Crippen LogP contribution in [-0.4, -0.2) is 35.4 Å². The molecule has 6 heteroatoms. The third kappa shape index (κ3) is 5.35. The van der Waals surface area contributed by atoms with E-state index in [2.05, 4.69) is 50.9 Å². The molecule has 6 nitrogen and oxygen atoms in total. The van der Waals surface area contributed by atoms with Gasteiger partial charge in [-0.25, -0.2) is 0 Å². The Labute approximate surface area is 125 Å². The molecule has 1 aromatic carbocycles. The Hall–Kier alpha value is -2.21. The van der Waals surface area contributed by atoms with Crippen LogP contribution in [0.4, 0.5) is 11.8 Å². The van der Waals surface area contributed by atoms with Crippen molar-refractivity contribution in [3.8, 4) is 0 Å². The zero-order valence-corrected chi connectivity index (χ0v) is 12.5. The molecular weight excluding hydrogens is 266 g/mol. The quantitative estimate of drug-likeness (QED) is 0.726. The SMILES string of the molecule is COCCCNc1cnnc(NCc2cccc(C)c2)n1. The van der Waals surface area contributed by atoms with Gasteiger partial charge in [0.1, 0.15) is 0 Å². The van der Waals surface area contributed by atoms with E-state index in [0.717, 1.165) is 19.6 Å². The van der Waals surface area contributed by atoms with Gasteiger partial charge < -0.3 is 15.4 Å². The molecule has 112 valence electrons. The van der Waals surface area contributed by atoms with E-state index in [-0.39, 0.29) is 0 Å². The Morgan fingerprint density at radius 1 is 1.24 bits per heavy atom. The zero-order chi connectivity index (χ0) is 14.9. The average molecular weight is 287 g/mol. The van der Waals surface area contributed by atoms with Gasteiger partial charge in [-0.2, -0.15) is 10.1 Å². The fourth-order valence-electron chi connectivity index (χ4n) is 1.90. The van der Waals surface area contributed by atoms with E-state index in [0.29, 0.717) is 18.3 Å². The predicted molar refractivity (Wildman–Crippen MR) is 83.3 cm³/mol. The molecule has 0 radical (unpaired) electrons. The highest BCUT2D eigenvalue weighted by Gasteiger charge is 2.00. The summed E-state index contributed by atoms with van der Waals surface area (Å²) in [6, 6.07) is 8.32. The number of hydrogen-bond donors (Lipinski definition) is 2. The third-order valence-corrected chi connectivity index (χ3v) is 2.92. The minimum absolute atomic E-state index is 0.522. The smallest absolute Gasteiger partial charge is 0.244 e. The van der Waals surface area contributed by atoms with Crippen molar-refractivity contribution in [3.63, 3.8) is 0 Å². The van der Waals surface area contributed by atoms with Crippen molar-refractivity contribution < 1.29 is 4.74 Å². The molecule has 0 unspecified atom stereocenters. The van der Waals surface area contributed by atoms with Crippen LogP contribution in [0.5, 0.6) is 0 Å². The third-order valence-electron chi connectivity index (χ3n) is 2.92. The van der Waals surface area contributed by atoms with Crippen LogP contribution in [0.25, 0.3) is 0 Å². The Kier molecular flexibility index (Phi) is 5.90. The van der Waals surface area contributed by atoms with Gasteiger partial charge in [0.15, 0.2) is 5.82 Å². The number of rotatable bonds is 8. The van der Waals surface area contributed by atoms with Crippen LogP contribution < -0.4 is 10.6 Å². The molecule has 0 spiro atoms. The normalized spacial score (nSPS) is 10.4. The molecule has 0 saturated heterocycles. The largest absolute Gasteiger partial charge is 0.385 e. The van der Waals surface area contributed by atoms with Crippen molar-refractivity contribution in [1.29, 1.82) is 0 Å². The summed E-state index contributed by atoms with van der Waals surface area (Å²) in [5.41, 5.74) is 2.43. The van der Waals surface area contributed by atoms with Gasteiger partial charge in [0, 0.05) is 26.8 Å². The number of aromatic nitrogens is 3. The van der Waals surface area contributed by atoms with Crippen molar-refractivity contribution >= 4 is 11.8 Å². The van der Waals surface area contributed by atoms with Crippen molar-refractivity contribution in [2.24, 2.45) is 0 Å². The number of aryl methyl sites for hydroxylation is 1. The maximum Gasteiger partial charge on any atom is 0.244 e. The van der Waals surface area contributed by atoms with Crippen molar-refractivity contribution in [1.82, 2.24) is 15.2 Å². The Morgan fingerprint density at radius 3 is 2.95 bits per heavy atom. The first-order chi connectivity index (χ1) is 10.3. The number of ether oxygens (including phenoxy) is 1. The van der Waals surface area contributed by atoms with E-state index in [1.165, 1.54) is 11.1 Å². The number of hydrogen-bond acceptors (Lipinski definition) is 6. The lowest BCUT2D eigenvalue weighted by molar-refractivity contribution is 0.197. The zero-order valence-electron chi connectivity index (χ0n) is 12.5. The van der Waals surface area contributed by atoms with Crippen molar-refractivity contribution in [3.05, 3.63) is 41.6 Å². The molecule has 21 heavy (non-hydrogen) atoms. The molecule has 0 saturated carbocycles. The molecule has 0 atom stereocenters. The molecular formula is C15H21N5O. The van der Waals surface area contributed by atoms with Gasteiger partial charge in [-0.05, 0) is 18.9 Å². The number of nitrogens with zero attached hydrogens (tertiary/aromatic N) is 3. The van der Waals surface area contributed by atoms with E-state index >= 15 is 0 Å². The summed E-state index contributed by atoms with van der Waals surface area (Å²) in [5.74, 6) is 1.24. The topological polar surface area (TPSA) is 72.0 Å². The van der Waals surface area contributed by atoms with Gasteiger partial charge in [0.25, 0.3) is 0 Å². The summed E-state index contributed by atoms with van der Waals surface area (Å²) in [7, 11) is 1.69. The molecule has 2 N–H and O–H groups in total. The molecule has 0 amide bonds. The monoisotopic (exact) mass is 287 g/mol. The maximum absolute atomic E-state index is 5.00. The van der Waals surface area contributed by atoms with Crippen LogP contribution in [0, 0.1) is 6.92 Å². The van der Waals surface area contributed by atoms with Crippen LogP contribution in [0.2, 0.25) is 0 Å². The first-order valence-corrected chi connectivity index (χ1v) is 7.00. The van der Waals surface area contributed by atoms with Gasteiger partial charge in [0.2, 0.25) is 5.95 Å². The lowest BCUT2D eigenvalue weighted by Gasteiger charge is -2.08. The van der Waals surface area contributed by atoms with Gasteiger partial charge in [-0.15, -0.1) is 5.10 Å². The second-order valence-corrected chi connectivity index (χ2v) is 4.78. The summed E-state index contributed by atoms with van der Waals surface area (Å²) in [4.78, 5) is 4.37. The fraction of sp³-hybridized carbons (Fsp3) is 0.400. The Morgan fingerprint density at radius 2 is 2.14 bits per heavy atom. The maximum atomic E-state index is 5.00. The lowest BCUT2D eigenvalue weighted by atomic mass is 10.1. The minimum Gasteiger partial charge on any atom is -0.385 e. The molecule has 0 aliphatic carbocycles. The lowest BCUT2D eigenvalue weighted by Crippen LogP contribution is -2.10. The molecule has 1 aromatic heterocycles. The van der Waals surface area contributed by atoms with E-state index in [9.17, 15) is 0 Å². The van der Waals surface area contributed by atoms with Gasteiger partial charge in [-0.3, -0.25) is 0 Å². The second kappa shape index (κ2) is 8.16. The highest BCUT2D eigenvalue weighted by molar-refractivity contribution is 5.37. The first kappa shape index (κ1) is 15.2. The summed E-state index contributed by atoms with van der Waals surface area (Å²) >= 11 is 0. The molecule has 0 aliphatic rings. The van der Waals surface area contributed by atoms with E-state index in [4.69, 9.17) is 4.74 Å². The standard InChI is InChI=1S/C15H21N5O/c1-12-5-3-6-13(9-12)10-17-15-19-14(11-18-20-15)16-7-4-8-21-2/h3,5-6,9,11H,4,7-8,10H2,1-2H3,(H2,16,17,19,20). The number of benzene rings is 1. The van der Waals surface area contributed by atoms with Crippen LogP contribution in [0.1, 0.15) is 17.5 Å².